The van der Waals surface area contributed by atoms with Crippen molar-refractivity contribution in [3.63, 3.8) is 0 Å². The zero-order valence-corrected chi connectivity index (χ0v) is 28.8. The van der Waals surface area contributed by atoms with Crippen LogP contribution in [0.2, 0.25) is 0 Å². The molecule has 270 valence electrons. The van der Waals surface area contributed by atoms with E-state index in [9.17, 15) is 34.8 Å². The van der Waals surface area contributed by atoms with E-state index >= 15 is 0 Å². The molecule has 0 radical (unpaired) electrons. The summed E-state index contributed by atoms with van der Waals surface area (Å²) in [6, 6.07) is 1.78. The van der Waals surface area contributed by atoms with Crippen LogP contribution >= 0.6 is 0 Å². The highest BCUT2D eigenvalue weighted by Crippen LogP contribution is 2.82. The summed E-state index contributed by atoms with van der Waals surface area (Å²) in [6.45, 7) is 7.36. The SMILES string of the molecule is CC1(C)O[C@H]2[C@@H]3CC[C@@H]4C[C@@]5(C)[C@H](c6ccoc6C[C@H](CCCCCO)[C@H](O)CO)OC(=O)[C@H]6O[C@]65[C@]5(C)[C@H](O)C(=O)[C@H]1[C@@]2(COC3=O)[C@@H]45. The second-order valence-corrected chi connectivity index (χ2v) is 17.1. The minimum Gasteiger partial charge on any atom is -0.469 e. The van der Waals surface area contributed by atoms with Crippen LogP contribution in [0.3, 0.4) is 0 Å². The maximum atomic E-state index is 14.7. The van der Waals surface area contributed by atoms with Crippen LogP contribution in [0.5, 0.6) is 0 Å². The number of rotatable bonds is 10. The summed E-state index contributed by atoms with van der Waals surface area (Å²) in [5.74, 6) is -2.73. The number of carbonyl (C=O) groups excluding carboxylic acids is 3. The largest absolute Gasteiger partial charge is 0.469 e. The highest BCUT2D eigenvalue weighted by atomic mass is 16.7. The molecule has 0 unspecified atom stereocenters. The Bertz CT molecular complexity index is 1540. The van der Waals surface area contributed by atoms with E-state index in [4.69, 9.17) is 23.4 Å². The van der Waals surface area contributed by atoms with E-state index in [-0.39, 0.29) is 49.1 Å². The molecule has 4 N–H and O–H groups in total. The third-order valence-electron chi connectivity index (χ3n) is 14.4. The van der Waals surface area contributed by atoms with E-state index < -0.39 is 82.4 Å². The van der Waals surface area contributed by atoms with Crippen LogP contribution in [0.25, 0.3) is 0 Å². The first kappa shape index (κ1) is 33.8. The molecule has 4 saturated heterocycles. The Kier molecular flexibility index (Phi) is 7.63. The van der Waals surface area contributed by atoms with Gasteiger partial charge in [0.2, 0.25) is 0 Å². The van der Waals surface area contributed by atoms with Crippen molar-refractivity contribution in [3.05, 3.63) is 23.7 Å². The molecule has 2 spiro atoms. The van der Waals surface area contributed by atoms with Crippen LogP contribution in [0.4, 0.5) is 0 Å². The number of esters is 2. The van der Waals surface area contributed by atoms with Crippen molar-refractivity contribution in [2.45, 2.75) is 121 Å². The number of cyclic esters (lactones) is 2. The van der Waals surface area contributed by atoms with Gasteiger partial charge in [0.1, 0.15) is 30.2 Å². The summed E-state index contributed by atoms with van der Waals surface area (Å²) in [7, 11) is 0. The quantitative estimate of drug-likeness (QED) is 0.160. The summed E-state index contributed by atoms with van der Waals surface area (Å²) in [5, 5.41) is 42.2. The summed E-state index contributed by atoms with van der Waals surface area (Å²) in [6.07, 6.45) is 1.44. The maximum Gasteiger partial charge on any atom is 0.339 e. The first-order valence-corrected chi connectivity index (χ1v) is 18.1. The number of hydrogen-bond acceptors (Lipinski definition) is 12. The minimum absolute atomic E-state index is 0.0143. The van der Waals surface area contributed by atoms with Crippen molar-refractivity contribution in [1.29, 1.82) is 0 Å². The van der Waals surface area contributed by atoms with Gasteiger partial charge in [0, 0.05) is 34.8 Å². The molecule has 12 heteroatoms. The lowest BCUT2D eigenvalue weighted by Gasteiger charge is -2.68. The Morgan fingerprint density at radius 2 is 1.76 bits per heavy atom. The van der Waals surface area contributed by atoms with E-state index in [1.807, 2.05) is 27.7 Å². The molecular formula is C37H50O12. The molecule has 3 saturated carbocycles. The fourth-order valence-corrected chi connectivity index (χ4v) is 12.8. The molecule has 49 heavy (non-hydrogen) atoms. The molecule has 0 aromatic carbocycles. The zero-order valence-electron chi connectivity index (χ0n) is 28.8. The lowest BCUT2D eigenvalue weighted by Crippen LogP contribution is -2.77. The normalized spacial score (nSPS) is 46.8. The van der Waals surface area contributed by atoms with Gasteiger partial charge >= 0.3 is 11.9 Å². The molecule has 4 aliphatic heterocycles. The Hall–Kier alpha value is -2.35. The number of aliphatic hydroxyl groups excluding tert-OH is 4. The summed E-state index contributed by atoms with van der Waals surface area (Å²) in [5.41, 5.74) is -4.61. The Morgan fingerprint density at radius 1 is 0.980 bits per heavy atom. The molecule has 0 amide bonds. The predicted molar refractivity (Wildman–Crippen MR) is 168 cm³/mol. The number of Topliss-reactive ketones (excluding diaryl/α,β-unsaturated/α-hetero) is 1. The second-order valence-electron chi connectivity index (χ2n) is 17.1. The van der Waals surface area contributed by atoms with Gasteiger partial charge in [-0.3, -0.25) is 9.59 Å². The molecule has 7 aliphatic rings. The molecule has 8 rings (SSSR count). The topological polar surface area (TPSA) is 185 Å². The van der Waals surface area contributed by atoms with Gasteiger partial charge in [-0.05, 0) is 69.8 Å². The van der Waals surface area contributed by atoms with Crippen LogP contribution in [0, 0.1) is 45.8 Å². The molecule has 1 aromatic rings. The van der Waals surface area contributed by atoms with Crippen molar-refractivity contribution in [1.82, 2.24) is 0 Å². The summed E-state index contributed by atoms with van der Waals surface area (Å²) >= 11 is 0. The molecule has 7 fully saturated rings. The molecule has 12 nitrogen and oxygen atoms in total. The van der Waals surface area contributed by atoms with E-state index in [0.717, 1.165) is 12.8 Å². The van der Waals surface area contributed by atoms with Gasteiger partial charge in [-0.1, -0.05) is 26.7 Å². The monoisotopic (exact) mass is 686 g/mol. The minimum atomic E-state index is -1.46. The van der Waals surface area contributed by atoms with Crippen molar-refractivity contribution >= 4 is 17.7 Å². The molecule has 2 bridgehead atoms. The van der Waals surface area contributed by atoms with Gasteiger partial charge in [-0.25, -0.2) is 4.79 Å². The van der Waals surface area contributed by atoms with Gasteiger partial charge in [-0.15, -0.1) is 0 Å². The molecule has 5 heterocycles. The number of epoxide rings is 1. The highest BCUT2D eigenvalue weighted by molar-refractivity contribution is 5.92. The average molecular weight is 687 g/mol. The Morgan fingerprint density at radius 3 is 2.49 bits per heavy atom. The van der Waals surface area contributed by atoms with Crippen molar-refractivity contribution < 1.29 is 58.2 Å². The smallest absolute Gasteiger partial charge is 0.339 e. The van der Waals surface area contributed by atoms with Crippen molar-refractivity contribution in [3.8, 4) is 0 Å². The van der Waals surface area contributed by atoms with E-state index in [0.29, 0.717) is 43.4 Å². The van der Waals surface area contributed by atoms with Crippen LogP contribution in [-0.2, 0) is 39.8 Å². The fourth-order valence-electron chi connectivity index (χ4n) is 12.8. The highest BCUT2D eigenvalue weighted by Gasteiger charge is 2.92. The van der Waals surface area contributed by atoms with Crippen LogP contribution < -0.4 is 0 Å². The number of carbonyl (C=O) groups is 3. The number of aliphatic hydroxyl groups is 4. The van der Waals surface area contributed by atoms with Gasteiger partial charge < -0.3 is 43.8 Å². The lowest BCUT2D eigenvalue weighted by molar-refractivity contribution is -0.266. The number of furan rings is 1. The number of unbranched alkanes of at least 4 members (excludes halogenated alkanes) is 2. The van der Waals surface area contributed by atoms with Crippen LogP contribution in [0.15, 0.2) is 16.7 Å². The van der Waals surface area contributed by atoms with E-state index in [1.165, 1.54) is 0 Å². The van der Waals surface area contributed by atoms with Crippen LogP contribution in [0.1, 0.15) is 90.1 Å². The van der Waals surface area contributed by atoms with Gasteiger partial charge in [0.05, 0.1) is 42.5 Å². The first-order chi connectivity index (χ1) is 23.2. The Labute approximate surface area is 285 Å². The van der Waals surface area contributed by atoms with Crippen LogP contribution in [-0.4, -0.2) is 93.6 Å². The summed E-state index contributed by atoms with van der Waals surface area (Å²) < 4.78 is 31.6. The second kappa shape index (κ2) is 11.1. The van der Waals surface area contributed by atoms with Crippen molar-refractivity contribution in [2.24, 2.45) is 45.8 Å². The van der Waals surface area contributed by atoms with Gasteiger partial charge in [0.15, 0.2) is 11.9 Å². The number of ketones is 1. The first-order valence-electron chi connectivity index (χ1n) is 18.1. The molecular weight excluding hydrogens is 636 g/mol. The maximum absolute atomic E-state index is 14.7. The number of ether oxygens (including phenoxy) is 4. The third-order valence-corrected chi connectivity index (χ3v) is 14.4. The van der Waals surface area contributed by atoms with E-state index in [1.54, 1.807) is 12.3 Å². The number of hydrogen-bond donors (Lipinski definition) is 4. The van der Waals surface area contributed by atoms with Gasteiger partial charge in [0.25, 0.3) is 0 Å². The molecule has 14 atom stereocenters. The van der Waals surface area contributed by atoms with E-state index in [2.05, 4.69) is 0 Å². The summed E-state index contributed by atoms with van der Waals surface area (Å²) in [4.78, 5) is 41.9. The molecule has 1 aromatic heterocycles. The Balaban J connectivity index is 1.23. The zero-order chi connectivity index (χ0) is 34.9. The predicted octanol–water partition coefficient (Wildman–Crippen LogP) is 2.42. The fraction of sp³-hybridized carbons (Fsp3) is 0.811. The standard InChI is InChI=1S/C37H50O12/c1-33(2)26-24(41)27(42)35(4)25-19(9-10-21-29(48-33)36(25,26)17-46-31(21)43)15-34(3)28(47-32(44)30-37(34,35)49-30)20-11-13-45-23(20)14-18(22(40)16-39)8-6-5-7-12-38/h11,13,18-19,21-22,25-30,38-40,42H,5-10,12,14-17H2,1-4H3/t18-,19+,21-,22+,25-,26+,27+,28-,29-,30+,34-,35-,36+,37+/m0/s1. The average Bonchev–Trinajstić information content (AvgIpc) is 3.64. The van der Waals surface area contributed by atoms with Crippen molar-refractivity contribution in [2.75, 3.05) is 19.8 Å². The van der Waals surface area contributed by atoms with Gasteiger partial charge in [-0.2, -0.15) is 0 Å². The third kappa shape index (κ3) is 4.10. The lowest BCUT2D eigenvalue weighted by atomic mass is 9.34. The molecule has 3 aliphatic carbocycles.